The van der Waals surface area contributed by atoms with E-state index in [1.165, 1.54) is 12.8 Å². The maximum atomic E-state index is 10.8. The molecule has 0 amide bonds. The van der Waals surface area contributed by atoms with Crippen LogP contribution in [0.1, 0.15) is 32.6 Å². The standard InChI is InChI=1S/C9H14O2/c1-2-6-3-4-7-8(5-6)11-9(7)10/h6-8H,2-5H2,1H3. The van der Waals surface area contributed by atoms with E-state index >= 15 is 0 Å². The van der Waals surface area contributed by atoms with E-state index < -0.39 is 0 Å². The van der Waals surface area contributed by atoms with E-state index in [2.05, 4.69) is 6.92 Å². The molecule has 0 radical (unpaired) electrons. The van der Waals surface area contributed by atoms with Gasteiger partial charge in [-0.1, -0.05) is 13.3 Å². The molecule has 0 aromatic rings. The van der Waals surface area contributed by atoms with Crippen molar-refractivity contribution in [3.63, 3.8) is 0 Å². The van der Waals surface area contributed by atoms with Gasteiger partial charge < -0.3 is 4.74 Å². The number of rotatable bonds is 1. The van der Waals surface area contributed by atoms with E-state index in [9.17, 15) is 4.79 Å². The molecule has 2 heteroatoms. The molecule has 62 valence electrons. The zero-order chi connectivity index (χ0) is 7.84. The molecular formula is C9H14O2. The molecule has 0 N–H and O–H groups in total. The van der Waals surface area contributed by atoms with Crippen molar-refractivity contribution in [1.82, 2.24) is 0 Å². The van der Waals surface area contributed by atoms with E-state index in [4.69, 9.17) is 4.74 Å². The predicted molar refractivity (Wildman–Crippen MR) is 41.0 cm³/mol. The van der Waals surface area contributed by atoms with Crippen molar-refractivity contribution >= 4 is 5.97 Å². The third-order valence-electron chi connectivity index (χ3n) is 3.05. The molecule has 1 heterocycles. The Kier molecular flexibility index (Phi) is 1.63. The summed E-state index contributed by atoms with van der Waals surface area (Å²) in [6.07, 6.45) is 4.95. The quantitative estimate of drug-likeness (QED) is 0.538. The second kappa shape index (κ2) is 2.50. The first-order valence-electron chi connectivity index (χ1n) is 4.51. The Morgan fingerprint density at radius 2 is 2.36 bits per heavy atom. The fourth-order valence-corrected chi connectivity index (χ4v) is 2.15. The molecule has 2 fully saturated rings. The highest BCUT2D eigenvalue weighted by molar-refractivity contribution is 5.78. The Labute approximate surface area is 66.9 Å². The molecule has 1 saturated carbocycles. The first-order chi connectivity index (χ1) is 5.31. The van der Waals surface area contributed by atoms with Crippen LogP contribution in [0.3, 0.4) is 0 Å². The van der Waals surface area contributed by atoms with Crippen molar-refractivity contribution < 1.29 is 9.53 Å². The molecule has 0 aromatic carbocycles. The lowest BCUT2D eigenvalue weighted by Gasteiger charge is -2.41. The molecule has 2 rings (SSSR count). The molecule has 3 atom stereocenters. The van der Waals surface area contributed by atoms with Gasteiger partial charge >= 0.3 is 5.97 Å². The molecule has 0 bridgehead atoms. The van der Waals surface area contributed by atoms with Crippen molar-refractivity contribution in [3.8, 4) is 0 Å². The van der Waals surface area contributed by atoms with Crippen LogP contribution in [0.15, 0.2) is 0 Å². The number of ether oxygens (including phenoxy) is 1. The fraction of sp³-hybridized carbons (Fsp3) is 0.889. The summed E-state index contributed by atoms with van der Waals surface area (Å²) < 4.78 is 5.04. The van der Waals surface area contributed by atoms with Crippen LogP contribution in [0.2, 0.25) is 0 Å². The smallest absolute Gasteiger partial charge is 0.313 e. The minimum Gasteiger partial charge on any atom is -0.461 e. The normalized spacial score (nSPS) is 42.3. The second-order valence-corrected chi connectivity index (χ2v) is 3.67. The number of carbonyl (C=O) groups is 1. The molecule has 1 saturated heterocycles. The molecule has 0 aromatic heterocycles. The van der Waals surface area contributed by atoms with Crippen LogP contribution in [0.4, 0.5) is 0 Å². The van der Waals surface area contributed by atoms with Crippen molar-refractivity contribution in [2.45, 2.75) is 38.7 Å². The molecule has 3 unspecified atom stereocenters. The van der Waals surface area contributed by atoms with Crippen molar-refractivity contribution in [1.29, 1.82) is 0 Å². The number of esters is 1. The molecule has 2 nitrogen and oxygen atoms in total. The average molecular weight is 154 g/mol. The Morgan fingerprint density at radius 3 is 2.91 bits per heavy atom. The highest BCUT2D eigenvalue weighted by atomic mass is 16.6. The summed E-state index contributed by atoms with van der Waals surface area (Å²) in [5.74, 6) is 1.13. The summed E-state index contributed by atoms with van der Waals surface area (Å²) >= 11 is 0. The lowest BCUT2D eigenvalue weighted by molar-refractivity contribution is -0.191. The minimum absolute atomic E-state index is 0.0459. The Balaban J connectivity index is 1.92. The van der Waals surface area contributed by atoms with Gasteiger partial charge in [-0.2, -0.15) is 0 Å². The van der Waals surface area contributed by atoms with Crippen molar-refractivity contribution in [3.05, 3.63) is 0 Å². The van der Waals surface area contributed by atoms with E-state index in [0.29, 0.717) is 6.10 Å². The fourth-order valence-electron chi connectivity index (χ4n) is 2.15. The van der Waals surface area contributed by atoms with Crippen LogP contribution in [0, 0.1) is 11.8 Å². The molecule has 1 aliphatic carbocycles. The zero-order valence-electron chi connectivity index (χ0n) is 6.88. The minimum atomic E-state index is 0.0459. The monoisotopic (exact) mass is 154 g/mol. The maximum absolute atomic E-state index is 10.8. The predicted octanol–water partition coefficient (Wildman–Crippen LogP) is 1.74. The van der Waals surface area contributed by atoms with Crippen LogP contribution in [0.5, 0.6) is 0 Å². The van der Waals surface area contributed by atoms with Crippen LogP contribution in [-0.4, -0.2) is 12.1 Å². The molecule has 0 spiro atoms. The summed E-state index contributed by atoms with van der Waals surface area (Å²) in [5, 5.41) is 0. The van der Waals surface area contributed by atoms with Gasteiger partial charge in [0.2, 0.25) is 0 Å². The van der Waals surface area contributed by atoms with E-state index in [0.717, 1.165) is 18.8 Å². The summed E-state index contributed by atoms with van der Waals surface area (Å²) in [7, 11) is 0. The maximum Gasteiger partial charge on any atom is 0.313 e. The number of hydrogen-bond donors (Lipinski definition) is 0. The van der Waals surface area contributed by atoms with Gasteiger partial charge in [0.25, 0.3) is 0 Å². The van der Waals surface area contributed by atoms with E-state index in [-0.39, 0.29) is 11.9 Å². The highest BCUT2D eigenvalue weighted by Gasteiger charge is 2.45. The largest absolute Gasteiger partial charge is 0.461 e. The summed E-state index contributed by atoms with van der Waals surface area (Å²) in [6, 6.07) is 0. The average Bonchev–Trinajstić information content (AvgIpc) is 2.02. The van der Waals surface area contributed by atoms with Gasteiger partial charge in [0.15, 0.2) is 0 Å². The van der Waals surface area contributed by atoms with Gasteiger partial charge in [0, 0.05) is 0 Å². The van der Waals surface area contributed by atoms with Crippen LogP contribution in [-0.2, 0) is 9.53 Å². The van der Waals surface area contributed by atoms with Gasteiger partial charge in [-0.15, -0.1) is 0 Å². The van der Waals surface area contributed by atoms with Crippen LogP contribution < -0.4 is 0 Å². The lowest BCUT2D eigenvalue weighted by Crippen LogP contribution is -2.48. The third kappa shape index (κ3) is 1.05. The Bertz CT molecular complexity index is 176. The lowest BCUT2D eigenvalue weighted by atomic mass is 9.76. The van der Waals surface area contributed by atoms with Crippen LogP contribution in [0.25, 0.3) is 0 Å². The van der Waals surface area contributed by atoms with Crippen molar-refractivity contribution in [2.24, 2.45) is 11.8 Å². The van der Waals surface area contributed by atoms with Gasteiger partial charge in [-0.25, -0.2) is 0 Å². The number of fused-ring (bicyclic) bond motifs is 1. The van der Waals surface area contributed by atoms with Gasteiger partial charge in [0.05, 0.1) is 5.92 Å². The van der Waals surface area contributed by atoms with Gasteiger partial charge in [-0.05, 0) is 25.2 Å². The SMILES string of the molecule is CCC1CCC2C(=O)OC2C1. The third-order valence-corrected chi connectivity index (χ3v) is 3.05. The Morgan fingerprint density at radius 1 is 1.55 bits per heavy atom. The second-order valence-electron chi connectivity index (χ2n) is 3.67. The number of carbonyl (C=O) groups excluding carboxylic acids is 1. The van der Waals surface area contributed by atoms with Gasteiger partial charge in [0.1, 0.15) is 6.10 Å². The van der Waals surface area contributed by atoms with Crippen LogP contribution >= 0.6 is 0 Å². The highest BCUT2D eigenvalue weighted by Crippen LogP contribution is 2.39. The molecule has 11 heavy (non-hydrogen) atoms. The summed E-state index contributed by atoms with van der Waals surface area (Å²) in [4.78, 5) is 10.8. The van der Waals surface area contributed by atoms with Crippen molar-refractivity contribution in [2.75, 3.05) is 0 Å². The molecule has 1 aliphatic heterocycles. The number of hydrogen-bond acceptors (Lipinski definition) is 2. The first-order valence-corrected chi connectivity index (χ1v) is 4.51. The summed E-state index contributed by atoms with van der Waals surface area (Å²) in [5.41, 5.74) is 0. The van der Waals surface area contributed by atoms with Gasteiger partial charge in [-0.3, -0.25) is 4.79 Å². The van der Waals surface area contributed by atoms with E-state index in [1.807, 2.05) is 0 Å². The zero-order valence-corrected chi connectivity index (χ0v) is 6.88. The first kappa shape index (κ1) is 7.14. The topological polar surface area (TPSA) is 26.3 Å². The molecular weight excluding hydrogens is 140 g/mol. The Hall–Kier alpha value is -0.530. The molecule has 2 aliphatic rings. The van der Waals surface area contributed by atoms with E-state index in [1.54, 1.807) is 0 Å². The summed E-state index contributed by atoms with van der Waals surface area (Å²) in [6.45, 7) is 2.21.